The summed E-state index contributed by atoms with van der Waals surface area (Å²) in [5, 5.41) is 15.7. The van der Waals surface area contributed by atoms with E-state index in [4.69, 9.17) is 4.74 Å². The maximum atomic E-state index is 12.4. The fourth-order valence-electron chi connectivity index (χ4n) is 4.39. The molecule has 174 valence electrons. The van der Waals surface area contributed by atoms with Crippen LogP contribution in [0.3, 0.4) is 0 Å². The lowest BCUT2D eigenvalue weighted by molar-refractivity contribution is -0.138. The predicted octanol–water partition coefficient (Wildman–Crippen LogP) is 4.31. The summed E-state index contributed by atoms with van der Waals surface area (Å²) in [5.74, 6) is 1.16. The number of piperidine rings is 1. The fourth-order valence-corrected chi connectivity index (χ4v) is 4.39. The Balaban J connectivity index is 1.19. The quantitative estimate of drug-likeness (QED) is 0.456. The van der Waals surface area contributed by atoms with Gasteiger partial charge in [-0.1, -0.05) is 24.3 Å². The molecule has 8 heteroatoms. The second kappa shape index (κ2) is 10.1. The fraction of sp³-hybridized carbons (Fsp3) is 0.500. The molecule has 3 N–H and O–H groups in total. The summed E-state index contributed by atoms with van der Waals surface area (Å²) in [6, 6.07) is 13.9. The van der Waals surface area contributed by atoms with Crippen molar-refractivity contribution in [1.82, 2.24) is 15.2 Å². The molecule has 1 saturated heterocycles. The third-order valence-electron chi connectivity index (χ3n) is 6.15. The number of nitrogens with one attached hydrogen (secondary N) is 2. The second-order valence-electron chi connectivity index (χ2n) is 8.62. The molecule has 0 amide bonds. The van der Waals surface area contributed by atoms with Crippen molar-refractivity contribution < 1.29 is 23.0 Å². The molecule has 32 heavy (non-hydrogen) atoms. The van der Waals surface area contributed by atoms with Gasteiger partial charge in [0.1, 0.15) is 18.5 Å². The van der Waals surface area contributed by atoms with Gasteiger partial charge in [0, 0.05) is 29.4 Å². The number of fused-ring (bicyclic) bond motifs is 3. The number of hydrogen-bond acceptors (Lipinski definition) is 4. The van der Waals surface area contributed by atoms with Crippen LogP contribution in [0.15, 0.2) is 42.5 Å². The van der Waals surface area contributed by atoms with Crippen molar-refractivity contribution in [1.29, 1.82) is 0 Å². The van der Waals surface area contributed by atoms with E-state index in [0.29, 0.717) is 25.6 Å². The van der Waals surface area contributed by atoms with E-state index < -0.39 is 18.7 Å². The summed E-state index contributed by atoms with van der Waals surface area (Å²) >= 11 is 0. The topological polar surface area (TPSA) is 60.5 Å². The van der Waals surface area contributed by atoms with Crippen LogP contribution in [0.25, 0.3) is 21.8 Å². The zero-order chi connectivity index (χ0) is 22.6. The first-order chi connectivity index (χ1) is 15.4. The number of nitrogens with zero attached hydrogens (tertiary/aromatic N) is 1. The van der Waals surface area contributed by atoms with Crippen LogP contribution in [-0.2, 0) is 0 Å². The lowest BCUT2D eigenvalue weighted by Gasteiger charge is -2.32. The molecule has 1 aliphatic rings. The number of H-pyrrole nitrogens is 1. The standard InChI is InChI=1S/C24H30F3N3O2/c25-24(26,27)10-13-30-11-8-17(9-12-30)14-28-15-18(31)16-32-22-7-3-6-21-23(22)19-4-1-2-5-20(19)29-21/h1-7,17-18,28-29,31H,8-16H2/t18-/m1/s1. The molecular formula is C24H30F3N3O2. The third-order valence-corrected chi connectivity index (χ3v) is 6.15. The van der Waals surface area contributed by atoms with E-state index in [9.17, 15) is 18.3 Å². The van der Waals surface area contributed by atoms with Crippen LogP contribution in [0.4, 0.5) is 13.2 Å². The molecule has 3 aromatic rings. The van der Waals surface area contributed by atoms with Gasteiger partial charge in [-0.3, -0.25) is 0 Å². The summed E-state index contributed by atoms with van der Waals surface area (Å²) in [4.78, 5) is 5.27. The third kappa shape index (κ3) is 5.94. The Morgan fingerprint density at radius 1 is 1.09 bits per heavy atom. The number of benzene rings is 2. The van der Waals surface area contributed by atoms with Gasteiger partial charge in [-0.15, -0.1) is 0 Å². The van der Waals surface area contributed by atoms with Gasteiger partial charge in [-0.2, -0.15) is 13.2 Å². The van der Waals surface area contributed by atoms with Crippen molar-refractivity contribution in [3.63, 3.8) is 0 Å². The number of hydrogen-bond donors (Lipinski definition) is 3. The van der Waals surface area contributed by atoms with Crippen molar-refractivity contribution in [2.45, 2.75) is 31.5 Å². The van der Waals surface area contributed by atoms with Gasteiger partial charge in [0.05, 0.1) is 11.9 Å². The Hall–Kier alpha value is -2.29. The van der Waals surface area contributed by atoms with Gasteiger partial charge in [0.25, 0.3) is 0 Å². The van der Waals surface area contributed by atoms with Crippen LogP contribution < -0.4 is 10.1 Å². The van der Waals surface area contributed by atoms with E-state index in [1.54, 1.807) is 0 Å². The minimum atomic E-state index is -4.09. The first kappa shape index (κ1) is 22.9. The average Bonchev–Trinajstić information content (AvgIpc) is 3.16. The monoisotopic (exact) mass is 449 g/mol. The van der Waals surface area contributed by atoms with Crippen molar-refractivity contribution in [3.8, 4) is 5.75 Å². The number of likely N-dealkylation sites (tertiary alicyclic amines) is 1. The van der Waals surface area contributed by atoms with Gasteiger partial charge >= 0.3 is 6.18 Å². The van der Waals surface area contributed by atoms with E-state index in [0.717, 1.165) is 46.9 Å². The summed E-state index contributed by atoms with van der Waals surface area (Å²) in [7, 11) is 0. The lowest BCUT2D eigenvalue weighted by Crippen LogP contribution is -2.40. The van der Waals surface area contributed by atoms with Crippen molar-refractivity contribution in [2.24, 2.45) is 5.92 Å². The molecule has 0 saturated carbocycles. The highest BCUT2D eigenvalue weighted by Gasteiger charge is 2.29. The Kier molecular flexibility index (Phi) is 7.23. The molecular weight excluding hydrogens is 419 g/mol. The van der Waals surface area contributed by atoms with E-state index in [1.807, 2.05) is 47.4 Å². The molecule has 1 aromatic heterocycles. The van der Waals surface area contributed by atoms with Crippen LogP contribution >= 0.6 is 0 Å². The Morgan fingerprint density at radius 2 is 1.84 bits per heavy atom. The van der Waals surface area contributed by atoms with Gasteiger partial charge in [0.15, 0.2) is 0 Å². The van der Waals surface area contributed by atoms with E-state index >= 15 is 0 Å². The Bertz CT molecular complexity index is 1010. The first-order valence-corrected chi connectivity index (χ1v) is 11.2. The molecule has 4 rings (SSSR count). The average molecular weight is 450 g/mol. The first-order valence-electron chi connectivity index (χ1n) is 11.2. The zero-order valence-corrected chi connectivity index (χ0v) is 18.0. The molecule has 1 fully saturated rings. The smallest absolute Gasteiger partial charge is 0.390 e. The van der Waals surface area contributed by atoms with Crippen molar-refractivity contribution in [3.05, 3.63) is 42.5 Å². The molecule has 1 atom stereocenters. The predicted molar refractivity (Wildman–Crippen MR) is 120 cm³/mol. The minimum absolute atomic E-state index is 0.0862. The molecule has 0 aliphatic carbocycles. The van der Waals surface area contributed by atoms with Crippen molar-refractivity contribution >= 4 is 21.8 Å². The maximum Gasteiger partial charge on any atom is 0.390 e. The molecule has 0 spiro atoms. The van der Waals surface area contributed by atoms with Crippen LogP contribution in [-0.4, -0.2) is 66.6 Å². The van der Waals surface area contributed by atoms with E-state index in [2.05, 4.69) is 10.3 Å². The molecule has 2 heterocycles. The van der Waals surface area contributed by atoms with Crippen molar-refractivity contribution in [2.75, 3.05) is 39.3 Å². The van der Waals surface area contributed by atoms with E-state index in [-0.39, 0.29) is 13.2 Å². The number of aromatic amines is 1. The van der Waals surface area contributed by atoms with E-state index in [1.165, 1.54) is 0 Å². The Morgan fingerprint density at radius 3 is 2.62 bits per heavy atom. The number of halogens is 3. The summed E-state index contributed by atoms with van der Waals surface area (Å²) in [5.41, 5.74) is 2.04. The minimum Gasteiger partial charge on any atom is -0.490 e. The molecule has 5 nitrogen and oxygen atoms in total. The lowest BCUT2D eigenvalue weighted by atomic mass is 9.96. The summed E-state index contributed by atoms with van der Waals surface area (Å²) in [6.45, 7) is 2.83. The second-order valence-corrected chi connectivity index (χ2v) is 8.62. The van der Waals surface area contributed by atoms with Crippen LogP contribution in [0.2, 0.25) is 0 Å². The number of aliphatic hydroxyl groups excluding tert-OH is 1. The largest absolute Gasteiger partial charge is 0.490 e. The number of alkyl halides is 3. The number of aromatic nitrogens is 1. The highest BCUT2D eigenvalue weighted by atomic mass is 19.4. The van der Waals surface area contributed by atoms with Gasteiger partial charge in [-0.05, 0) is 56.6 Å². The molecule has 1 aliphatic heterocycles. The summed E-state index contributed by atoms with van der Waals surface area (Å²) in [6.07, 6.45) is -3.73. The SMILES string of the molecule is O[C@H](CNCC1CCN(CCC(F)(F)F)CC1)COc1cccc2[nH]c3ccccc3c12. The van der Waals surface area contributed by atoms with Gasteiger partial charge < -0.3 is 25.0 Å². The number of rotatable bonds is 9. The number of ether oxygens (including phenoxy) is 1. The molecule has 0 radical (unpaired) electrons. The van der Waals surface area contributed by atoms with Gasteiger partial charge in [0.2, 0.25) is 0 Å². The normalized spacial score (nSPS) is 17.2. The highest BCUT2D eigenvalue weighted by Crippen LogP contribution is 2.33. The zero-order valence-electron chi connectivity index (χ0n) is 18.0. The van der Waals surface area contributed by atoms with Crippen LogP contribution in [0.5, 0.6) is 5.75 Å². The maximum absolute atomic E-state index is 12.4. The molecule has 0 bridgehead atoms. The summed E-state index contributed by atoms with van der Waals surface area (Å²) < 4.78 is 43.0. The van der Waals surface area contributed by atoms with Crippen LogP contribution in [0, 0.1) is 5.92 Å². The highest BCUT2D eigenvalue weighted by molar-refractivity contribution is 6.10. The molecule has 2 aromatic carbocycles. The Labute approximate surface area is 185 Å². The van der Waals surface area contributed by atoms with Gasteiger partial charge in [-0.25, -0.2) is 0 Å². The van der Waals surface area contributed by atoms with Crippen LogP contribution in [0.1, 0.15) is 19.3 Å². The number of aliphatic hydroxyl groups is 1. The molecule has 0 unspecified atom stereocenters. The number of para-hydroxylation sites is 1.